The van der Waals surface area contributed by atoms with Gasteiger partial charge in [0.25, 0.3) is 10.1 Å². The number of benzene rings is 2. The molecular weight excluding hydrogens is 313 g/mol. The molecule has 7 nitrogen and oxygen atoms in total. The fourth-order valence-electron chi connectivity index (χ4n) is 1.86. The first-order chi connectivity index (χ1) is 10.2. The van der Waals surface area contributed by atoms with Gasteiger partial charge in [-0.3, -0.25) is 4.55 Å². The second-order valence-electron chi connectivity index (χ2n) is 4.56. The lowest BCUT2D eigenvalue weighted by Gasteiger charge is -2.11. The summed E-state index contributed by atoms with van der Waals surface area (Å²) in [6.07, 6.45) is 0. The number of nitrogen functional groups attached to an aromatic ring is 1. The van der Waals surface area contributed by atoms with Crippen LogP contribution >= 0.6 is 0 Å². The highest BCUT2D eigenvalue weighted by Crippen LogP contribution is 2.32. The van der Waals surface area contributed by atoms with Crippen molar-refractivity contribution < 1.29 is 17.4 Å². The van der Waals surface area contributed by atoms with Crippen molar-refractivity contribution in [1.29, 1.82) is 0 Å². The monoisotopic (exact) mass is 325 g/mol. The van der Waals surface area contributed by atoms with Gasteiger partial charge < -0.3 is 11.1 Å². The highest BCUT2D eigenvalue weighted by Gasteiger charge is 2.15. The second-order valence-corrected chi connectivity index (χ2v) is 5.95. The summed E-state index contributed by atoms with van der Waals surface area (Å²) < 4.78 is 45.2. The molecule has 2 aromatic carbocycles. The Kier molecular flexibility index (Phi) is 4.11. The van der Waals surface area contributed by atoms with Gasteiger partial charge in [-0.25, -0.2) is 4.39 Å². The molecule has 0 aliphatic heterocycles. The molecule has 22 heavy (non-hydrogen) atoms. The zero-order valence-electron chi connectivity index (χ0n) is 11.4. The molecule has 0 bridgehead atoms. The van der Waals surface area contributed by atoms with Gasteiger partial charge in [0, 0.05) is 11.8 Å². The molecule has 116 valence electrons. The first-order valence-corrected chi connectivity index (χ1v) is 7.44. The Labute approximate surface area is 125 Å². The molecule has 0 aliphatic rings. The number of rotatable bonds is 4. The molecule has 0 amide bonds. The van der Waals surface area contributed by atoms with Crippen molar-refractivity contribution in [2.24, 2.45) is 5.18 Å². The van der Waals surface area contributed by atoms with Crippen LogP contribution in [0.2, 0.25) is 0 Å². The van der Waals surface area contributed by atoms with Crippen molar-refractivity contribution in [1.82, 2.24) is 0 Å². The predicted molar refractivity (Wildman–Crippen MR) is 80.5 cm³/mol. The number of hydrogen-bond acceptors (Lipinski definition) is 6. The summed E-state index contributed by atoms with van der Waals surface area (Å²) >= 11 is 0. The van der Waals surface area contributed by atoms with E-state index in [1.54, 1.807) is 0 Å². The van der Waals surface area contributed by atoms with E-state index in [1.807, 2.05) is 0 Å². The summed E-state index contributed by atoms with van der Waals surface area (Å²) in [4.78, 5) is 10.5. The van der Waals surface area contributed by atoms with Gasteiger partial charge in [0.1, 0.15) is 11.5 Å². The first-order valence-electron chi connectivity index (χ1n) is 6.00. The summed E-state index contributed by atoms with van der Waals surface area (Å²) in [6.45, 7) is 1.51. The van der Waals surface area contributed by atoms with Crippen LogP contribution in [0.1, 0.15) is 5.56 Å². The van der Waals surface area contributed by atoms with E-state index < -0.39 is 15.9 Å². The average molecular weight is 325 g/mol. The molecule has 0 spiro atoms. The Morgan fingerprint density at radius 3 is 2.55 bits per heavy atom. The average Bonchev–Trinajstić information content (AvgIpc) is 2.43. The molecule has 0 aliphatic carbocycles. The molecule has 4 N–H and O–H groups in total. The third-order valence-electron chi connectivity index (χ3n) is 2.96. The standard InChI is InChI=1S/C13H12FN3O4S/c1-7-2-3-8(4-13(7)22(19,20)21)16-11-5-9(14)10(15)6-12(11)17-18/h2-6,16H,15H2,1H3,(H,19,20,21). The molecule has 2 aromatic rings. The van der Waals surface area contributed by atoms with Crippen molar-refractivity contribution in [2.75, 3.05) is 11.1 Å². The highest BCUT2D eigenvalue weighted by atomic mass is 32.2. The molecule has 0 unspecified atom stereocenters. The van der Waals surface area contributed by atoms with Crippen molar-refractivity contribution in [3.05, 3.63) is 46.6 Å². The summed E-state index contributed by atoms with van der Waals surface area (Å²) in [5.41, 5.74) is 5.57. The van der Waals surface area contributed by atoms with E-state index in [0.29, 0.717) is 5.56 Å². The number of anilines is 3. The fourth-order valence-corrected chi connectivity index (χ4v) is 2.62. The van der Waals surface area contributed by atoms with Gasteiger partial charge in [-0.05, 0) is 35.9 Å². The van der Waals surface area contributed by atoms with Gasteiger partial charge in [-0.1, -0.05) is 6.07 Å². The van der Waals surface area contributed by atoms with Gasteiger partial charge in [0.15, 0.2) is 0 Å². The van der Waals surface area contributed by atoms with E-state index in [0.717, 1.165) is 18.2 Å². The molecule has 9 heteroatoms. The minimum Gasteiger partial charge on any atom is -0.396 e. The molecule has 0 radical (unpaired) electrons. The van der Waals surface area contributed by atoms with Crippen LogP contribution in [0.3, 0.4) is 0 Å². The van der Waals surface area contributed by atoms with E-state index >= 15 is 0 Å². The number of hydrogen-bond donors (Lipinski definition) is 3. The zero-order valence-corrected chi connectivity index (χ0v) is 12.2. The number of nitrogens with zero attached hydrogens (tertiary/aromatic N) is 1. The topological polar surface area (TPSA) is 122 Å². The number of halogens is 1. The van der Waals surface area contributed by atoms with Crippen LogP contribution in [0.4, 0.5) is 27.1 Å². The van der Waals surface area contributed by atoms with E-state index in [2.05, 4.69) is 10.5 Å². The molecule has 0 atom stereocenters. The molecule has 0 fully saturated rings. The lowest BCUT2D eigenvalue weighted by atomic mass is 10.2. The number of nitrogens with two attached hydrogens (primary N) is 1. The van der Waals surface area contributed by atoms with E-state index in [-0.39, 0.29) is 27.6 Å². The lowest BCUT2D eigenvalue weighted by Crippen LogP contribution is -2.02. The molecule has 0 saturated carbocycles. The number of nitrogens with one attached hydrogen (secondary N) is 1. The Morgan fingerprint density at radius 1 is 1.27 bits per heavy atom. The molecular formula is C13H12FN3O4S. The van der Waals surface area contributed by atoms with Crippen LogP contribution in [-0.2, 0) is 10.1 Å². The van der Waals surface area contributed by atoms with Crippen molar-refractivity contribution in [3.8, 4) is 0 Å². The summed E-state index contributed by atoms with van der Waals surface area (Å²) in [5, 5.41) is 5.40. The molecule has 2 rings (SSSR count). The normalized spacial score (nSPS) is 11.2. The van der Waals surface area contributed by atoms with Crippen LogP contribution in [-0.4, -0.2) is 13.0 Å². The van der Waals surface area contributed by atoms with E-state index in [1.165, 1.54) is 19.1 Å². The third-order valence-corrected chi connectivity index (χ3v) is 3.95. The Balaban J connectivity index is 2.48. The van der Waals surface area contributed by atoms with Crippen molar-refractivity contribution in [3.63, 3.8) is 0 Å². The maximum atomic E-state index is 13.5. The predicted octanol–water partition coefficient (Wildman–Crippen LogP) is 3.10. The van der Waals surface area contributed by atoms with E-state index in [9.17, 15) is 17.7 Å². The highest BCUT2D eigenvalue weighted by molar-refractivity contribution is 7.85. The van der Waals surface area contributed by atoms with Gasteiger partial charge in [0.2, 0.25) is 0 Å². The Morgan fingerprint density at radius 2 is 1.95 bits per heavy atom. The van der Waals surface area contributed by atoms with Crippen molar-refractivity contribution >= 4 is 32.9 Å². The lowest BCUT2D eigenvalue weighted by molar-refractivity contribution is 0.482. The maximum absolute atomic E-state index is 13.5. The molecule has 0 aromatic heterocycles. The second kappa shape index (κ2) is 5.70. The van der Waals surface area contributed by atoms with Crippen LogP contribution < -0.4 is 11.1 Å². The van der Waals surface area contributed by atoms with Crippen LogP contribution in [0.5, 0.6) is 0 Å². The maximum Gasteiger partial charge on any atom is 0.294 e. The summed E-state index contributed by atoms with van der Waals surface area (Å²) in [7, 11) is -4.40. The van der Waals surface area contributed by atoms with Gasteiger partial charge in [0.05, 0.1) is 16.3 Å². The Bertz CT molecular complexity index is 853. The van der Waals surface area contributed by atoms with Crippen LogP contribution in [0.25, 0.3) is 0 Å². The quantitative estimate of drug-likeness (QED) is 0.451. The van der Waals surface area contributed by atoms with Gasteiger partial charge in [-0.2, -0.15) is 8.42 Å². The zero-order chi connectivity index (χ0) is 16.5. The van der Waals surface area contributed by atoms with Crippen molar-refractivity contribution in [2.45, 2.75) is 11.8 Å². The van der Waals surface area contributed by atoms with Gasteiger partial charge in [-0.15, -0.1) is 4.91 Å². The minimum absolute atomic E-state index is 0.0202. The van der Waals surface area contributed by atoms with Gasteiger partial charge >= 0.3 is 0 Å². The largest absolute Gasteiger partial charge is 0.396 e. The van der Waals surface area contributed by atoms with E-state index in [4.69, 9.17) is 10.3 Å². The summed E-state index contributed by atoms with van der Waals surface area (Å²) in [5.74, 6) is -0.753. The number of aryl methyl sites for hydroxylation is 1. The SMILES string of the molecule is Cc1ccc(Nc2cc(F)c(N)cc2N=O)cc1S(=O)(=O)O. The summed E-state index contributed by atoms with van der Waals surface area (Å²) in [6, 6.07) is 6.15. The van der Waals surface area contributed by atoms with Crippen LogP contribution in [0, 0.1) is 17.6 Å². The number of nitroso groups, excluding NO2 is 1. The minimum atomic E-state index is -4.40. The van der Waals surface area contributed by atoms with Crippen LogP contribution in [0.15, 0.2) is 40.4 Å². The molecule has 0 saturated heterocycles. The smallest absolute Gasteiger partial charge is 0.294 e. The third kappa shape index (κ3) is 3.21. The molecule has 0 heterocycles. The first kappa shape index (κ1) is 15.9. The fraction of sp³-hybridized carbons (Fsp3) is 0.0769. The Hall–Kier alpha value is -2.52.